The lowest BCUT2D eigenvalue weighted by molar-refractivity contribution is -0.957. The SMILES string of the molecule is CC(C)(C)[N+]1(C)CCN(Cc2ccc(NC(=O)c3[nH]ncc3N)cc2)CC1. The fourth-order valence-electron chi connectivity index (χ4n) is 3.40. The van der Waals surface area contributed by atoms with Crippen molar-refractivity contribution in [1.82, 2.24) is 15.1 Å². The summed E-state index contributed by atoms with van der Waals surface area (Å²) in [7, 11) is 2.36. The number of benzene rings is 1. The third kappa shape index (κ3) is 4.31. The summed E-state index contributed by atoms with van der Waals surface area (Å²) in [5, 5.41) is 9.22. The van der Waals surface area contributed by atoms with Crippen molar-refractivity contribution in [2.45, 2.75) is 32.9 Å². The first-order valence-electron chi connectivity index (χ1n) is 9.44. The largest absolute Gasteiger partial charge is 0.396 e. The molecule has 0 radical (unpaired) electrons. The molecule has 4 N–H and O–H groups in total. The van der Waals surface area contributed by atoms with Gasteiger partial charge in [-0.15, -0.1) is 0 Å². The number of aromatic amines is 1. The maximum atomic E-state index is 12.2. The second kappa shape index (κ2) is 7.32. The predicted octanol–water partition coefficient (Wildman–Crippen LogP) is 2.30. The minimum atomic E-state index is -0.284. The smallest absolute Gasteiger partial charge is 0.275 e. The Morgan fingerprint density at radius 1 is 1.26 bits per heavy atom. The summed E-state index contributed by atoms with van der Waals surface area (Å²) in [6.45, 7) is 12.5. The van der Waals surface area contributed by atoms with Crippen LogP contribution >= 0.6 is 0 Å². The number of nitrogens with two attached hydrogens (primary N) is 1. The summed E-state index contributed by atoms with van der Waals surface area (Å²) >= 11 is 0. The molecule has 7 heteroatoms. The van der Waals surface area contributed by atoms with Crippen molar-refractivity contribution in [3.05, 3.63) is 41.7 Å². The molecule has 0 aliphatic carbocycles. The zero-order valence-electron chi connectivity index (χ0n) is 16.7. The van der Waals surface area contributed by atoms with Gasteiger partial charge >= 0.3 is 0 Å². The normalized spacial score (nSPS) is 17.6. The summed E-state index contributed by atoms with van der Waals surface area (Å²) in [6, 6.07) is 7.99. The Balaban J connectivity index is 1.54. The van der Waals surface area contributed by atoms with Crippen LogP contribution in [0.3, 0.4) is 0 Å². The van der Waals surface area contributed by atoms with Gasteiger partial charge < -0.3 is 15.5 Å². The third-order valence-corrected chi connectivity index (χ3v) is 5.95. The van der Waals surface area contributed by atoms with Crippen molar-refractivity contribution < 1.29 is 9.28 Å². The lowest BCUT2D eigenvalue weighted by Gasteiger charge is -2.50. The Morgan fingerprint density at radius 2 is 1.89 bits per heavy atom. The molecule has 0 atom stereocenters. The van der Waals surface area contributed by atoms with Crippen LogP contribution in [0.1, 0.15) is 36.8 Å². The second-order valence-corrected chi connectivity index (χ2v) is 8.64. The number of nitrogen functional groups attached to an aromatic ring is 1. The molecule has 1 aromatic heterocycles. The number of quaternary nitrogens is 1. The number of H-pyrrole nitrogens is 1. The van der Waals surface area contributed by atoms with Crippen LogP contribution in [0.4, 0.5) is 11.4 Å². The van der Waals surface area contributed by atoms with Gasteiger partial charge in [0.15, 0.2) is 0 Å². The van der Waals surface area contributed by atoms with E-state index in [4.69, 9.17) is 5.73 Å². The third-order valence-electron chi connectivity index (χ3n) is 5.95. The molecule has 1 saturated heterocycles. The molecule has 1 aliphatic rings. The van der Waals surface area contributed by atoms with Crippen LogP contribution in [0.2, 0.25) is 0 Å². The van der Waals surface area contributed by atoms with E-state index < -0.39 is 0 Å². The molecule has 0 saturated carbocycles. The van der Waals surface area contributed by atoms with Gasteiger partial charge in [0.25, 0.3) is 5.91 Å². The van der Waals surface area contributed by atoms with Crippen LogP contribution < -0.4 is 11.1 Å². The van der Waals surface area contributed by atoms with Gasteiger partial charge in [-0.1, -0.05) is 12.1 Å². The fraction of sp³-hybridized carbons (Fsp3) is 0.500. The molecule has 3 rings (SSSR count). The van der Waals surface area contributed by atoms with E-state index in [1.165, 1.54) is 24.8 Å². The number of rotatable bonds is 4. The maximum Gasteiger partial charge on any atom is 0.275 e. The van der Waals surface area contributed by atoms with Gasteiger partial charge in [-0.2, -0.15) is 5.10 Å². The lowest BCUT2D eigenvalue weighted by atomic mass is 10.0. The highest BCUT2D eigenvalue weighted by atomic mass is 16.2. The zero-order valence-corrected chi connectivity index (χ0v) is 16.7. The summed E-state index contributed by atoms with van der Waals surface area (Å²) in [6.07, 6.45) is 1.43. The van der Waals surface area contributed by atoms with E-state index in [1.807, 2.05) is 12.1 Å². The van der Waals surface area contributed by atoms with Crippen LogP contribution in [0.25, 0.3) is 0 Å². The van der Waals surface area contributed by atoms with E-state index in [9.17, 15) is 4.79 Å². The topological polar surface area (TPSA) is 87.0 Å². The first-order valence-corrected chi connectivity index (χ1v) is 9.44. The molecule has 0 spiro atoms. The van der Waals surface area contributed by atoms with Crippen molar-refractivity contribution in [3.63, 3.8) is 0 Å². The second-order valence-electron chi connectivity index (χ2n) is 8.64. The van der Waals surface area contributed by atoms with E-state index in [-0.39, 0.29) is 17.1 Å². The summed E-state index contributed by atoms with van der Waals surface area (Å²) in [5.74, 6) is -0.284. The quantitative estimate of drug-likeness (QED) is 0.720. The van der Waals surface area contributed by atoms with Crippen molar-refractivity contribution in [2.24, 2.45) is 0 Å². The number of likely N-dealkylation sites (N-methyl/N-ethyl adjacent to an activating group) is 1. The maximum absolute atomic E-state index is 12.2. The Bertz CT molecular complexity index is 782. The van der Waals surface area contributed by atoms with E-state index in [1.54, 1.807) is 0 Å². The number of anilines is 2. The van der Waals surface area contributed by atoms with Crippen molar-refractivity contribution in [1.29, 1.82) is 0 Å². The average Bonchev–Trinajstić information content (AvgIpc) is 3.04. The van der Waals surface area contributed by atoms with E-state index in [0.717, 1.165) is 29.8 Å². The Hall–Kier alpha value is -2.38. The summed E-state index contributed by atoms with van der Waals surface area (Å²) in [5.41, 5.74) is 8.61. The number of amides is 1. The lowest BCUT2D eigenvalue weighted by Crippen LogP contribution is -2.65. The molecule has 7 nitrogen and oxygen atoms in total. The standard InChI is InChI=1S/C20H30N6O/c1-20(2,3)26(4)11-9-25(10-12-26)14-15-5-7-16(8-6-15)23-19(27)18-17(21)13-22-24-18/h5-8,13H,9-12,14H2,1-4H3,(H3-,21,22,23,24,27)/p+1. The molecule has 2 heterocycles. The zero-order chi connectivity index (χ0) is 19.7. The number of piperazine rings is 1. The van der Waals surface area contributed by atoms with Crippen LogP contribution in [-0.2, 0) is 6.54 Å². The molecule has 0 bridgehead atoms. The molecule has 146 valence electrons. The number of carbonyl (C=O) groups excluding carboxylic acids is 1. The first-order chi connectivity index (χ1) is 12.7. The van der Waals surface area contributed by atoms with Gasteiger partial charge in [-0.05, 0) is 38.5 Å². The van der Waals surface area contributed by atoms with E-state index in [0.29, 0.717) is 5.69 Å². The molecule has 1 fully saturated rings. The van der Waals surface area contributed by atoms with E-state index in [2.05, 4.69) is 60.4 Å². The van der Waals surface area contributed by atoms with Crippen LogP contribution in [0.15, 0.2) is 30.5 Å². The van der Waals surface area contributed by atoms with Gasteiger partial charge in [0, 0.05) is 25.3 Å². The Labute approximate surface area is 161 Å². The Kier molecular flexibility index (Phi) is 5.26. The summed E-state index contributed by atoms with van der Waals surface area (Å²) < 4.78 is 1.12. The molecule has 0 unspecified atom stereocenters. The minimum absolute atomic E-state index is 0.282. The monoisotopic (exact) mass is 371 g/mol. The predicted molar refractivity (Wildman–Crippen MR) is 108 cm³/mol. The Morgan fingerprint density at radius 3 is 2.41 bits per heavy atom. The summed E-state index contributed by atoms with van der Waals surface area (Å²) in [4.78, 5) is 14.7. The highest BCUT2D eigenvalue weighted by Gasteiger charge is 2.38. The minimum Gasteiger partial charge on any atom is -0.396 e. The number of hydrogen-bond donors (Lipinski definition) is 3. The molecule has 1 aromatic carbocycles. The van der Waals surface area contributed by atoms with Gasteiger partial charge in [-0.25, -0.2) is 0 Å². The molecule has 27 heavy (non-hydrogen) atoms. The van der Waals surface area contributed by atoms with Crippen molar-refractivity contribution in [3.8, 4) is 0 Å². The number of carbonyl (C=O) groups is 1. The number of hydrogen-bond acceptors (Lipinski definition) is 4. The fourth-order valence-corrected chi connectivity index (χ4v) is 3.40. The van der Waals surface area contributed by atoms with Crippen LogP contribution in [-0.4, -0.2) is 64.3 Å². The van der Waals surface area contributed by atoms with Crippen molar-refractivity contribution >= 4 is 17.3 Å². The number of nitrogens with one attached hydrogen (secondary N) is 2. The van der Waals surface area contributed by atoms with Crippen LogP contribution in [0, 0.1) is 0 Å². The van der Waals surface area contributed by atoms with Gasteiger partial charge in [0.2, 0.25) is 0 Å². The number of nitrogens with zero attached hydrogens (tertiary/aromatic N) is 3. The first kappa shape index (κ1) is 19.4. The highest BCUT2D eigenvalue weighted by molar-refractivity contribution is 6.06. The highest BCUT2D eigenvalue weighted by Crippen LogP contribution is 2.25. The van der Waals surface area contributed by atoms with E-state index >= 15 is 0 Å². The van der Waals surface area contributed by atoms with Gasteiger partial charge in [0.1, 0.15) is 5.69 Å². The molecule has 1 amide bonds. The average molecular weight is 372 g/mol. The van der Waals surface area contributed by atoms with Gasteiger partial charge in [0.05, 0.1) is 37.6 Å². The molecule has 1 aliphatic heterocycles. The van der Waals surface area contributed by atoms with Crippen molar-refractivity contribution in [2.75, 3.05) is 44.3 Å². The molecule has 2 aromatic rings. The molecular weight excluding hydrogens is 340 g/mol. The number of aromatic nitrogens is 2. The van der Waals surface area contributed by atoms with Gasteiger partial charge in [-0.3, -0.25) is 14.8 Å². The van der Waals surface area contributed by atoms with Crippen LogP contribution in [0.5, 0.6) is 0 Å². The molecular formula is C20H31N6O+.